The van der Waals surface area contributed by atoms with Crippen molar-refractivity contribution in [2.45, 2.75) is 13.3 Å². The van der Waals surface area contributed by atoms with Gasteiger partial charge in [0.2, 0.25) is 0 Å². The molecule has 0 aliphatic rings. The number of Topliss-reactive ketones (excluding diaryl/α,β-unsaturated/α-hetero) is 1. The predicted octanol–water partition coefficient (Wildman–Crippen LogP) is 2.38. The van der Waals surface area contributed by atoms with E-state index in [0.29, 0.717) is 12.0 Å². The quantitative estimate of drug-likeness (QED) is 0.598. The summed E-state index contributed by atoms with van der Waals surface area (Å²) in [6.45, 7) is 1.93. The molecule has 0 aliphatic heterocycles. The van der Waals surface area contributed by atoms with Gasteiger partial charge in [0.15, 0.2) is 5.78 Å². The summed E-state index contributed by atoms with van der Waals surface area (Å²) in [4.78, 5) is 11.3. The number of halogens is 1. The van der Waals surface area contributed by atoms with E-state index >= 15 is 0 Å². The lowest BCUT2D eigenvalue weighted by atomic mass is 10.0. The largest absolute Gasteiger partial charge is 0.508 e. The second-order valence-corrected chi connectivity index (χ2v) is 3.02. The van der Waals surface area contributed by atoms with Gasteiger partial charge in [-0.05, 0) is 30.2 Å². The lowest BCUT2D eigenvalue weighted by Gasteiger charge is -2.05. The van der Waals surface area contributed by atoms with E-state index in [-0.39, 0.29) is 17.4 Å². The zero-order valence-corrected chi connectivity index (χ0v) is 8.14. The maximum Gasteiger partial charge on any atom is 0.177 e. The van der Waals surface area contributed by atoms with Gasteiger partial charge < -0.3 is 5.11 Å². The maximum atomic E-state index is 11.3. The molecule has 1 rings (SSSR count). The van der Waals surface area contributed by atoms with Crippen molar-refractivity contribution in [3.63, 3.8) is 0 Å². The summed E-state index contributed by atoms with van der Waals surface area (Å²) in [5, 5.41) is 9.18. The number of hydrogen-bond donors (Lipinski definition) is 1. The van der Waals surface area contributed by atoms with Crippen LogP contribution in [0.3, 0.4) is 0 Å². The van der Waals surface area contributed by atoms with Crippen LogP contribution in [-0.4, -0.2) is 16.8 Å². The van der Waals surface area contributed by atoms with E-state index in [9.17, 15) is 9.90 Å². The van der Waals surface area contributed by atoms with Gasteiger partial charge in [-0.25, -0.2) is 0 Å². The fourth-order valence-corrected chi connectivity index (χ4v) is 1.36. The minimum atomic E-state index is -0.0986. The molecule has 1 N–H and O–H groups in total. The van der Waals surface area contributed by atoms with Crippen molar-refractivity contribution in [3.05, 3.63) is 29.3 Å². The maximum absolute atomic E-state index is 11.3. The van der Waals surface area contributed by atoms with Crippen LogP contribution in [-0.2, 0) is 6.42 Å². The highest BCUT2D eigenvalue weighted by molar-refractivity contribution is 6.30. The first-order valence-electron chi connectivity index (χ1n) is 4.10. The van der Waals surface area contributed by atoms with Crippen molar-refractivity contribution in [3.8, 4) is 5.75 Å². The molecular weight excluding hydrogens is 188 g/mol. The molecule has 0 atom stereocenters. The van der Waals surface area contributed by atoms with Crippen molar-refractivity contribution in [1.29, 1.82) is 0 Å². The van der Waals surface area contributed by atoms with E-state index in [0.717, 1.165) is 5.56 Å². The third-order valence-corrected chi connectivity index (χ3v) is 2.13. The summed E-state index contributed by atoms with van der Waals surface area (Å²) < 4.78 is 0. The molecule has 0 saturated heterocycles. The molecule has 1 aromatic carbocycles. The molecule has 0 unspecified atom stereocenters. The number of ketones is 1. The van der Waals surface area contributed by atoms with Crippen molar-refractivity contribution in [2.75, 3.05) is 5.88 Å². The van der Waals surface area contributed by atoms with Crippen molar-refractivity contribution in [2.24, 2.45) is 0 Å². The Morgan fingerprint density at radius 1 is 1.54 bits per heavy atom. The topological polar surface area (TPSA) is 37.3 Å². The molecule has 0 radical (unpaired) electrons. The van der Waals surface area contributed by atoms with Crippen LogP contribution in [0.15, 0.2) is 18.2 Å². The van der Waals surface area contributed by atoms with Gasteiger partial charge in [0.25, 0.3) is 0 Å². The number of rotatable bonds is 3. The van der Waals surface area contributed by atoms with Crippen molar-refractivity contribution in [1.82, 2.24) is 0 Å². The first-order chi connectivity index (χ1) is 6.19. The average Bonchev–Trinajstić information content (AvgIpc) is 2.16. The van der Waals surface area contributed by atoms with Gasteiger partial charge in [-0.2, -0.15) is 0 Å². The van der Waals surface area contributed by atoms with E-state index in [1.165, 1.54) is 6.07 Å². The number of hydrogen-bond acceptors (Lipinski definition) is 2. The van der Waals surface area contributed by atoms with Gasteiger partial charge in [-0.1, -0.05) is 6.92 Å². The van der Waals surface area contributed by atoms with Crippen LogP contribution in [0, 0.1) is 0 Å². The molecule has 0 aromatic heterocycles. The Bertz CT molecular complexity index is 321. The molecule has 70 valence electrons. The molecule has 0 bridgehead atoms. The number of phenols is 1. The normalized spacial score (nSPS) is 10.0. The summed E-state index contributed by atoms with van der Waals surface area (Å²) in [5.41, 5.74) is 1.45. The Balaban J connectivity index is 3.13. The van der Waals surface area contributed by atoms with Crippen LogP contribution >= 0.6 is 11.6 Å². The lowest BCUT2D eigenvalue weighted by molar-refractivity contribution is 0.102. The predicted molar refractivity (Wildman–Crippen MR) is 52.5 cm³/mol. The Morgan fingerprint density at radius 3 is 2.77 bits per heavy atom. The average molecular weight is 199 g/mol. The Morgan fingerprint density at radius 2 is 2.23 bits per heavy atom. The zero-order valence-electron chi connectivity index (χ0n) is 7.38. The van der Waals surface area contributed by atoms with Crippen LogP contribution in [0.4, 0.5) is 0 Å². The van der Waals surface area contributed by atoms with Crippen LogP contribution in [0.5, 0.6) is 5.75 Å². The number of carbonyl (C=O) groups excluding carboxylic acids is 1. The van der Waals surface area contributed by atoms with Gasteiger partial charge in [0, 0.05) is 5.56 Å². The standard InChI is InChI=1S/C10H11ClO2/c1-2-7-5-8(12)3-4-9(7)10(13)6-11/h3-5,12H,2,6H2,1H3. The van der Waals surface area contributed by atoms with Crippen molar-refractivity contribution >= 4 is 17.4 Å². The summed E-state index contributed by atoms with van der Waals surface area (Å²) in [7, 11) is 0. The molecule has 13 heavy (non-hydrogen) atoms. The number of carbonyl (C=O) groups is 1. The molecule has 2 nitrogen and oxygen atoms in total. The minimum Gasteiger partial charge on any atom is -0.508 e. The smallest absolute Gasteiger partial charge is 0.177 e. The highest BCUT2D eigenvalue weighted by Crippen LogP contribution is 2.17. The van der Waals surface area contributed by atoms with E-state index in [2.05, 4.69) is 0 Å². The van der Waals surface area contributed by atoms with Crippen LogP contribution in [0.1, 0.15) is 22.8 Å². The second-order valence-electron chi connectivity index (χ2n) is 2.75. The van der Waals surface area contributed by atoms with E-state index < -0.39 is 0 Å². The molecule has 0 saturated carbocycles. The van der Waals surface area contributed by atoms with Gasteiger partial charge in [0.05, 0.1) is 5.88 Å². The van der Waals surface area contributed by atoms with Gasteiger partial charge in [0.1, 0.15) is 5.75 Å². The minimum absolute atomic E-state index is 0.0161. The van der Waals surface area contributed by atoms with E-state index in [4.69, 9.17) is 11.6 Å². The first kappa shape index (κ1) is 10.1. The monoisotopic (exact) mass is 198 g/mol. The van der Waals surface area contributed by atoms with Gasteiger partial charge in [-0.3, -0.25) is 4.79 Å². The Kier molecular flexibility index (Phi) is 3.32. The highest BCUT2D eigenvalue weighted by Gasteiger charge is 2.09. The van der Waals surface area contributed by atoms with Gasteiger partial charge >= 0.3 is 0 Å². The summed E-state index contributed by atoms with van der Waals surface area (Å²) in [6.07, 6.45) is 0.715. The van der Waals surface area contributed by atoms with Crippen LogP contribution in [0.25, 0.3) is 0 Å². The second kappa shape index (κ2) is 4.28. The lowest BCUT2D eigenvalue weighted by Crippen LogP contribution is -2.04. The number of alkyl halides is 1. The number of benzene rings is 1. The fraction of sp³-hybridized carbons (Fsp3) is 0.300. The Hall–Kier alpha value is -1.02. The Labute approximate surface area is 82.2 Å². The number of aromatic hydroxyl groups is 1. The molecule has 0 spiro atoms. The third-order valence-electron chi connectivity index (χ3n) is 1.89. The van der Waals surface area contributed by atoms with E-state index in [1.54, 1.807) is 12.1 Å². The highest BCUT2D eigenvalue weighted by atomic mass is 35.5. The summed E-state index contributed by atoms with van der Waals surface area (Å²) >= 11 is 5.44. The third kappa shape index (κ3) is 2.22. The molecular formula is C10H11ClO2. The number of phenolic OH excluding ortho intramolecular Hbond substituents is 1. The van der Waals surface area contributed by atoms with Crippen molar-refractivity contribution < 1.29 is 9.90 Å². The fourth-order valence-electron chi connectivity index (χ4n) is 1.22. The van der Waals surface area contributed by atoms with Gasteiger partial charge in [-0.15, -0.1) is 11.6 Å². The summed E-state index contributed by atoms with van der Waals surface area (Å²) in [5.74, 6) is 0.0686. The first-order valence-corrected chi connectivity index (χ1v) is 4.63. The SMILES string of the molecule is CCc1cc(O)ccc1C(=O)CCl. The zero-order chi connectivity index (χ0) is 9.84. The molecule has 1 aromatic rings. The molecule has 0 aliphatic carbocycles. The van der Waals surface area contributed by atoms with E-state index in [1.807, 2.05) is 6.92 Å². The van der Waals surface area contributed by atoms with Crippen LogP contribution in [0.2, 0.25) is 0 Å². The molecule has 0 heterocycles. The van der Waals surface area contributed by atoms with Crippen LogP contribution < -0.4 is 0 Å². The molecule has 3 heteroatoms. The summed E-state index contributed by atoms with van der Waals surface area (Å²) in [6, 6.07) is 4.71. The number of aryl methyl sites for hydroxylation is 1. The molecule has 0 amide bonds. The molecule has 0 fully saturated rings.